The number of thioether (sulfide) groups is 1. The van der Waals surface area contributed by atoms with Crippen molar-refractivity contribution >= 4 is 34.9 Å². The van der Waals surface area contributed by atoms with Crippen molar-refractivity contribution in [1.82, 2.24) is 4.98 Å². The lowest BCUT2D eigenvalue weighted by molar-refractivity contribution is 0.628. The number of hydrogen-bond acceptors (Lipinski definition) is 3. The minimum absolute atomic E-state index is 0.0935. The summed E-state index contributed by atoms with van der Waals surface area (Å²) in [6.45, 7) is 0. The highest BCUT2D eigenvalue weighted by atomic mass is 35.5. The Balaban J connectivity index is 2.22. The summed E-state index contributed by atoms with van der Waals surface area (Å²) in [5, 5.41) is 3.16. The summed E-state index contributed by atoms with van der Waals surface area (Å²) in [6.07, 6.45) is 3.72. The van der Waals surface area contributed by atoms with Crippen LogP contribution in [0.2, 0.25) is 5.02 Å². The van der Waals surface area contributed by atoms with Gasteiger partial charge in [-0.2, -0.15) is 0 Å². The van der Waals surface area contributed by atoms with E-state index < -0.39 is 5.82 Å². The smallest absolute Gasteiger partial charge is 0.141 e. The minimum atomic E-state index is -0.428. The van der Waals surface area contributed by atoms with E-state index in [1.165, 1.54) is 12.1 Å². The lowest BCUT2D eigenvalue weighted by Gasteiger charge is -2.07. The molecule has 0 aliphatic rings. The van der Waals surface area contributed by atoms with Crippen molar-refractivity contribution in [2.45, 2.75) is 4.90 Å². The molecule has 0 saturated heterocycles. The molecule has 0 saturated carbocycles. The third-order valence-corrected chi connectivity index (χ3v) is 3.17. The van der Waals surface area contributed by atoms with Crippen LogP contribution < -0.4 is 5.32 Å². The van der Waals surface area contributed by atoms with Crippen molar-refractivity contribution in [2.75, 3.05) is 11.6 Å². The Morgan fingerprint density at radius 1 is 1.29 bits per heavy atom. The molecule has 0 aliphatic heterocycles. The fraction of sp³-hybridized carbons (Fsp3) is 0.0833. The second kappa shape index (κ2) is 5.38. The lowest BCUT2D eigenvalue weighted by Crippen LogP contribution is -1.93. The van der Waals surface area contributed by atoms with E-state index in [-0.39, 0.29) is 5.02 Å². The molecule has 0 atom stereocenters. The largest absolute Gasteiger partial charge is 0.340 e. The maximum atomic E-state index is 13.0. The van der Waals surface area contributed by atoms with Gasteiger partial charge >= 0.3 is 0 Å². The van der Waals surface area contributed by atoms with E-state index in [9.17, 15) is 4.39 Å². The van der Waals surface area contributed by atoms with E-state index in [0.29, 0.717) is 11.5 Å². The predicted molar refractivity (Wildman–Crippen MR) is 70.7 cm³/mol. The predicted octanol–water partition coefficient (Wildman–Crippen LogP) is 4.34. The summed E-state index contributed by atoms with van der Waals surface area (Å²) in [7, 11) is 0. The number of nitrogens with one attached hydrogen (secondary N) is 1. The summed E-state index contributed by atoms with van der Waals surface area (Å²) >= 11 is 7.33. The average molecular weight is 269 g/mol. The van der Waals surface area contributed by atoms with Crippen LogP contribution in [0.4, 0.5) is 15.9 Å². The topological polar surface area (TPSA) is 24.9 Å². The van der Waals surface area contributed by atoms with Gasteiger partial charge in [-0.15, -0.1) is 11.8 Å². The normalized spacial score (nSPS) is 10.3. The monoisotopic (exact) mass is 268 g/mol. The zero-order chi connectivity index (χ0) is 12.3. The average Bonchev–Trinajstić information content (AvgIpc) is 2.34. The first-order valence-electron chi connectivity index (χ1n) is 4.91. The minimum Gasteiger partial charge on any atom is -0.340 e. The van der Waals surface area contributed by atoms with Crippen LogP contribution >= 0.6 is 23.4 Å². The van der Waals surface area contributed by atoms with E-state index in [0.717, 1.165) is 4.90 Å². The highest BCUT2D eigenvalue weighted by Gasteiger charge is 2.02. The van der Waals surface area contributed by atoms with Gasteiger partial charge in [0.25, 0.3) is 0 Å². The van der Waals surface area contributed by atoms with Crippen molar-refractivity contribution < 1.29 is 4.39 Å². The Bertz CT molecular complexity index is 534. The molecule has 0 amide bonds. The van der Waals surface area contributed by atoms with E-state index in [2.05, 4.69) is 10.3 Å². The Labute approximate surface area is 108 Å². The molecule has 0 aliphatic carbocycles. The molecule has 0 unspecified atom stereocenters. The van der Waals surface area contributed by atoms with Gasteiger partial charge in [-0.25, -0.2) is 9.37 Å². The number of benzene rings is 1. The van der Waals surface area contributed by atoms with Gasteiger partial charge in [0.15, 0.2) is 0 Å². The molecule has 88 valence electrons. The molecule has 2 aromatic rings. The molecule has 0 radical (unpaired) electrons. The number of rotatable bonds is 3. The molecule has 2 rings (SSSR count). The third-order valence-electron chi connectivity index (χ3n) is 2.16. The van der Waals surface area contributed by atoms with Crippen LogP contribution in [0.5, 0.6) is 0 Å². The number of halogens is 2. The molecule has 1 heterocycles. The van der Waals surface area contributed by atoms with Crippen molar-refractivity contribution in [3.63, 3.8) is 0 Å². The third kappa shape index (κ3) is 3.11. The van der Waals surface area contributed by atoms with Crippen LogP contribution in [0.25, 0.3) is 0 Å². The van der Waals surface area contributed by atoms with Crippen molar-refractivity contribution in [3.8, 4) is 0 Å². The fourth-order valence-electron chi connectivity index (χ4n) is 1.33. The standard InChI is InChI=1S/C12H10ClFN2S/c1-17-9-4-5-15-12(7-9)16-8-2-3-11(14)10(13)6-8/h2-7H,1H3,(H,15,16). The molecule has 1 aromatic carbocycles. The SMILES string of the molecule is CSc1ccnc(Nc2ccc(F)c(Cl)c2)c1. The summed E-state index contributed by atoms with van der Waals surface area (Å²) in [5.41, 5.74) is 0.710. The molecule has 0 fully saturated rings. The highest BCUT2D eigenvalue weighted by Crippen LogP contribution is 2.23. The molecule has 0 spiro atoms. The molecular formula is C12H10ClFN2S. The maximum absolute atomic E-state index is 13.0. The second-order valence-corrected chi connectivity index (χ2v) is 4.62. The van der Waals surface area contributed by atoms with Crippen LogP contribution in [0, 0.1) is 5.82 Å². The molecular weight excluding hydrogens is 259 g/mol. The number of aromatic nitrogens is 1. The van der Waals surface area contributed by atoms with Crippen molar-refractivity contribution in [3.05, 3.63) is 47.4 Å². The zero-order valence-electron chi connectivity index (χ0n) is 9.08. The Morgan fingerprint density at radius 2 is 2.12 bits per heavy atom. The molecule has 1 N–H and O–H groups in total. The second-order valence-electron chi connectivity index (χ2n) is 3.33. The molecule has 0 bridgehead atoms. The summed E-state index contributed by atoms with van der Waals surface area (Å²) < 4.78 is 13.0. The zero-order valence-corrected chi connectivity index (χ0v) is 10.6. The Hall–Kier alpha value is -1.26. The maximum Gasteiger partial charge on any atom is 0.141 e. The van der Waals surface area contributed by atoms with Gasteiger partial charge in [0.1, 0.15) is 11.6 Å². The Morgan fingerprint density at radius 3 is 2.82 bits per heavy atom. The van der Waals surface area contributed by atoms with Gasteiger partial charge in [0.05, 0.1) is 5.02 Å². The number of anilines is 2. The van der Waals surface area contributed by atoms with Gasteiger partial charge in [0, 0.05) is 16.8 Å². The quantitative estimate of drug-likeness (QED) is 0.838. The van der Waals surface area contributed by atoms with Crippen molar-refractivity contribution in [1.29, 1.82) is 0 Å². The summed E-state index contributed by atoms with van der Waals surface area (Å²) in [6, 6.07) is 8.32. The van der Waals surface area contributed by atoms with Crippen LogP contribution in [0.3, 0.4) is 0 Å². The fourth-order valence-corrected chi connectivity index (χ4v) is 1.94. The van der Waals surface area contributed by atoms with E-state index >= 15 is 0 Å². The van der Waals surface area contributed by atoms with E-state index in [4.69, 9.17) is 11.6 Å². The molecule has 5 heteroatoms. The van der Waals surface area contributed by atoms with E-state index in [1.54, 1.807) is 24.0 Å². The van der Waals surface area contributed by atoms with Crippen molar-refractivity contribution in [2.24, 2.45) is 0 Å². The first-order chi connectivity index (χ1) is 8.19. The lowest BCUT2D eigenvalue weighted by atomic mass is 10.3. The van der Waals surface area contributed by atoms with Crippen LogP contribution in [0.1, 0.15) is 0 Å². The van der Waals surface area contributed by atoms with Crippen LogP contribution in [-0.2, 0) is 0 Å². The van der Waals surface area contributed by atoms with Gasteiger partial charge in [-0.3, -0.25) is 0 Å². The first kappa shape index (κ1) is 12.2. The van der Waals surface area contributed by atoms with E-state index in [1.807, 2.05) is 18.4 Å². The Kier molecular flexibility index (Phi) is 3.86. The van der Waals surface area contributed by atoms with Gasteiger partial charge in [-0.1, -0.05) is 11.6 Å². The van der Waals surface area contributed by atoms with Gasteiger partial charge in [-0.05, 0) is 36.6 Å². The highest BCUT2D eigenvalue weighted by molar-refractivity contribution is 7.98. The molecule has 1 aromatic heterocycles. The summed E-state index contributed by atoms with van der Waals surface area (Å²) in [4.78, 5) is 5.28. The number of nitrogens with zero attached hydrogens (tertiary/aromatic N) is 1. The summed E-state index contributed by atoms with van der Waals surface area (Å²) in [5.74, 6) is 0.280. The van der Waals surface area contributed by atoms with Gasteiger partial charge < -0.3 is 5.32 Å². The van der Waals surface area contributed by atoms with Crippen LogP contribution in [0.15, 0.2) is 41.4 Å². The first-order valence-corrected chi connectivity index (χ1v) is 6.51. The number of pyridine rings is 1. The van der Waals surface area contributed by atoms with Crippen LogP contribution in [-0.4, -0.2) is 11.2 Å². The molecule has 17 heavy (non-hydrogen) atoms. The van der Waals surface area contributed by atoms with Gasteiger partial charge in [0.2, 0.25) is 0 Å². The number of hydrogen-bond donors (Lipinski definition) is 1. The molecule has 2 nitrogen and oxygen atoms in total.